The molecule has 2 aromatic carbocycles. The Balaban J connectivity index is 2.25. The van der Waals surface area contributed by atoms with Crippen LogP contribution >= 0.6 is 22.6 Å². The second-order valence-corrected chi connectivity index (χ2v) is 12.6. The Kier molecular flexibility index (Phi) is 7.30. The normalized spacial score (nSPS) is 16.5. The van der Waals surface area contributed by atoms with Crippen molar-refractivity contribution in [1.29, 1.82) is 0 Å². The lowest BCUT2D eigenvalue weighted by molar-refractivity contribution is -0.348. The lowest BCUT2D eigenvalue weighted by Gasteiger charge is -2.31. The number of carbonyl (C=O) groups excluding carboxylic acids is 1. The molecule has 3 rings (SSSR count). The summed E-state index contributed by atoms with van der Waals surface area (Å²) in [6, 6.07) is 6.17. The molecule has 0 saturated heterocycles. The fraction of sp³-hybridized carbons (Fsp3) is 0.391. The van der Waals surface area contributed by atoms with Gasteiger partial charge in [0.05, 0.1) is 22.5 Å². The molecule has 0 spiro atoms. The number of amides is 1. The molecule has 0 aromatic heterocycles. The quantitative estimate of drug-likeness (QED) is 0.286. The van der Waals surface area contributed by atoms with Crippen molar-refractivity contribution in [1.82, 2.24) is 0 Å². The highest BCUT2D eigenvalue weighted by Crippen LogP contribution is 2.53. The number of sulfone groups is 1. The van der Waals surface area contributed by atoms with E-state index in [0.29, 0.717) is 21.3 Å². The van der Waals surface area contributed by atoms with E-state index in [1.54, 1.807) is 12.1 Å². The van der Waals surface area contributed by atoms with Gasteiger partial charge in [-0.15, -0.1) is 0 Å². The number of benzene rings is 2. The van der Waals surface area contributed by atoms with Gasteiger partial charge in [0.1, 0.15) is 15.7 Å². The summed E-state index contributed by atoms with van der Waals surface area (Å²) in [6.07, 6.45) is -11.6. The van der Waals surface area contributed by atoms with Gasteiger partial charge in [-0.3, -0.25) is 14.7 Å². The van der Waals surface area contributed by atoms with Crippen molar-refractivity contribution in [2.75, 3.05) is 16.9 Å². The molecule has 202 valence electrons. The molecule has 1 heterocycles. The Morgan fingerprint density at radius 2 is 1.54 bits per heavy atom. The standard InChI is InChI=1S/C23H20F7IN2O3S/c1-12-10-13(21(24,22(25,26)27)23(28,29)30)8-9-16(12)33-18(32-20(2,3)11-37(4,35)36)17-14(19(33)34)6-5-7-15(17)31/h5-10H,11H2,1-4H3. The van der Waals surface area contributed by atoms with Crippen LogP contribution in [-0.4, -0.2) is 50.1 Å². The molecule has 1 aliphatic heterocycles. The average molecular weight is 664 g/mol. The van der Waals surface area contributed by atoms with Gasteiger partial charge in [-0.25, -0.2) is 12.8 Å². The van der Waals surface area contributed by atoms with E-state index in [1.165, 1.54) is 19.9 Å². The van der Waals surface area contributed by atoms with Crippen molar-refractivity contribution in [3.05, 3.63) is 62.2 Å². The summed E-state index contributed by atoms with van der Waals surface area (Å²) in [5.74, 6) is -1.13. The summed E-state index contributed by atoms with van der Waals surface area (Å²) in [5.41, 5.74) is -8.53. The maximum atomic E-state index is 14.6. The van der Waals surface area contributed by atoms with Gasteiger partial charge < -0.3 is 0 Å². The van der Waals surface area contributed by atoms with Crippen molar-refractivity contribution in [3.8, 4) is 0 Å². The molecule has 14 heteroatoms. The highest BCUT2D eigenvalue weighted by atomic mass is 127. The predicted molar refractivity (Wildman–Crippen MR) is 132 cm³/mol. The third-order valence-corrected chi connectivity index (χ3v) is 7.65. The van der Waals surface area contributed by atoms with Gasteiger partial charge in [0.2, 0.25) is 0 Å². The number of aryl methyl sites for hydroxylation is 1. The van der Waals surface area contributed by atoms with Crippen LogP contribution < -0.4 is 4.90 Å². The van der Waals surface area contributed by atoms with Crippen LogP contribution in [0.2, 0.25) is 0 Å². The Morgan fingerprint density at radius 3 is 2.03 bits per heavy atom. The van der Waals surface area contributed by atoms with Crippen LogP contribution in [0.4, 0.5) is 36.4 Å². The van der Waals surface area contributed by atoms with Crippen LogP contribution in [0.5, 0.6) is 0 Å². The minimum absolute atomic E-state index is 0.0346. The average Bonchev–Trinajstić information content (AvgIpc) is 2.96. The van der Waals surface area contributed by atoms with Crippen LogP contribution in [0.25, 0.3) is 0 Å². The highest BCUT2D eigenvalue weighted by molar-refractivity contribution is 14.1. The van der Waals surface area contributed by atoms with E-state index in [9.17, 15) is 43.9 Å². The van der Waals surface area contributed by atoms with Gasteiger partial charge in [0.15, 0.2) is 0 Å². The van der Waals surface area contributed by atoms with E-state index in [1.807, 2.05) is 22.6 Å². The summed E-state index contributed by atoms with van der Waals surface area (Å²) in [4.78, 5) is 18.9. The van der Waals surface area contributed by atoms with E-state index in [0.717, 1.165) is 24.1 Å². The van der Waals surface area contributed by atoms with Gasteiger partial charge in [-0.1, -0.05) is 18.2 Å². The number of rotatable bonds is 5. The fourth-order valence-corrected chi connectivity index (χ4v) is 6.24. The van der Waals surface area contributed by atoms with Crippen LogP contribution in [0.3, 0.4) is 0 Å². The van der Waals surface area contributed by atoms with Gasteiger partial charge in [-0.05, 0) is 67.1 Å². The molecule has 1 amide bonds. The molecule has 0 saturated carbocycles. The molecule has 37 heavy (non-hydrogen) atoms. The number of anilines is 1. The number of hydrogen-bond donors (Lipinski definition) is 0. The summed E-state index contributed by atoms with van der Waals surface area (Å²) >= 11 is 1.92. The monoisotopic (exact) mass is 664 g/mol. The first-order valence-corrected chi connectivity index (χ1v) is 13.6. The first-order valence-electron chi connectivity index (χ1n) is 10.4. The van der Waals surface area contributed by atoms with Gasteiger partial charge in [-0.2, -0.15) is 26.3 Å². The Bertz CT molecular complexity index is 1390. The number of nitrogens with zero attached hydrogens (tertiary/aromatic N) is 2. The molecule has 0 aliphatic carbocycles. The number of halogens is 8. The SMILES string of the molecule is Cc1cc(C(F)(C(F)(F)F)C(F)(F)F)ccc1N1C(=O)c2cccc(I)c2C1=NC(C)(C)CS(C)(=O)=O. The Hall–Kier alpha value is -2.23. The number of amidine groups is 1. The maximum Gasteiger partial charge on any atom is 0.435 e. The van der Waals surface area contributed by atoms with Crippen molar-refractivity contribution >= 4 is 49.9 Å². The van der Waals surface area contributed by atoms with Crippen LogP contribution in [0.1, 0.15) is 40.9 Å². The molecular weight excluding hydrogens is 644 g/mol. The van der Waals surface area contributed by atoms with Crippen LogP contribution in [0.15, 0.2) is 41.4 Å². The Morgan fingerprint density at radius 1 is 0.973 bits per heavy atom. The van der Waals surface area contributed by atoms with Crippen molar-refractivity contribution in [3.63, 3.8) is 0 Å². The number of carbonyl (C=O) groups is 1. The highest BCUT2D eigenvalue weighted by Gasteiger charge is 2.73. The summed E-state index contributed by atoms with van der Waals surface area (Å²) in [5, 5.41) is 0. The van der Waals surface area contributed by atoms with Crippen LogP contribution in [0, 0.1) is 10.5 Å². The largest absolute Gasteiger partial charge is 0.435 e. The molecule has 0 radical (unpaired) electrons. The molecule has 1 aliphatic rings. The summed E-state index contributed by atoms with van der Waals surface area (Å²) < 4.78 is 119. The number of hydrogen-bond acceptors (Lipinski definition) is 4. The number of fused-ring (bicyclic) bond motifs is 1. The first kappa shape index (κ1) is 29.3. The third-order valence-electron chi connectivity index (χ3n) is 5.52. The van der Waals surface area contributed by atoms with E-state index in [4.69, 9.17) is 0 Å². The maximum absolute atomic E-state index is 14.6. The zero-order chi connectivity index (χ0) is 28.4. The second-order valence-electron chi connectivity index (χ2n) is 9.28. The van der Waals surface area contributed by atoms with Gasteiger partial charge >= 0.3 is 18.0 Å². The summed E-state index contributed by atoms with van der Waals surface area (Å²) in [7, 11) is -3.53. The van der Waals surface area contributed by atoms with Gasteiger partial charge in [0.25, 0.3) is 5.91 Å². The minimum Gasteiger partial charge on any atom is -0.268 e. The van der Waals surface area contributed by atoms with E-state index < -0.39 is 50.6 Å². The van der Waals surface area contributed by atoms with Crippen molar-refractivity contribution in [2.45, 2.75) is 44.3 Å². The number of alkyl halides is 7. The zero-order valence-electron chi connectivity index (χ0n) is 19.7. The van der Waals surface area contributed by atoms with Gasteiger partial charge in [0, 0.05) is 21.0 Å². The smallest absolute Gasteiger partial charge is 0.268 e. The zero-order valence-corrected chi connectivity index (χ0v) is 22.7. The topological polar surface area (TPSA) is 66.8 Å². The van der Waals surface area contributed by atoms with E-state index in [2.05, 4.69) is 4.99 Å². The summed E-state index contributed by atoms with van der Waals surface area (Å²) in [6.45, 7) is 4.13. The molecular formula is C23H20F7IN2O3S. The second kappa shape index (κ2) is 9.20. The molecule has 0 unspecified atom stereocenters. The molecule has 0 bridgehead atoms. The number of aliphatic imine (C=N–C) groups is 1. The molecule has 0 atom stereocenters. The van der Waals surface area contributed by atoms with Crippen LogP contribution in [-0.2, 0) is 15.5 Å². The van der Waals surface area contributed by atoms with Crippen molar-refractivity contribution in [2.24, 2.45) is 4.99 Å². The first-order chi connectivity index (χ1) is 16.6. The lowest BCUT2D eigenvalue weighted by Crippen LogP contribution is -2.50. The Labute approximate surface area is 221 Å². The molecule has 0 fully saturated rings. The van der Waals surface area contributed by atoms with E-state index >= 15 is 0 Å². The molecule has 2 aromatic rings. The fourth-order valence-electron chi connectivity index (χ4n) is 4.16. The lowest BCUT2D eigenvalue weighted by atomic mass is 9.92. The molecule has 0 N–H and O–H groups in total. The predicted octanol–water partition coefficient (Wildman–Crippen LogP) is 6.12. The third kappa shape index (κ3) is 5.36. The molecule has 5 nitrogen and oxygen atoms in total. The minimum atomic E-state index is -6.29. The van der Waals surface area contributed by atoms with E-state index in [-0.39, 0.29) is 22.6 Å². The van der Waals surface area contributed by atoms with Crippen molar-refractivity contribution < 1.29 is 43.9 Å².